The minimum atomic E-state index is -0.389. The van der Waals surface area contributed by atoms with Gasteiger partial charge in [0.25, 0.3) is 0 Å². The fraction of sp³-hybridized carbons (Fsp3) is 0.444. The zero-order valence-electron chi connectivity index (χ0n) is 7.92. The fourth-order valence-electron chi connectivity index (χ4n) is 0.953. The number of carbonyl (C=O) groups excluding carboxylic acids is 1. The molecule has 0 fully saturated rings. The van der Waals surface area contributed by atoms with E-state index in [1.54, 1.807) is 6.92 Å². The van der Waals surface area contributed by atoms with Crippen molar-refractivity contribution in [3.05, 3.63) is 17.4 Å². The Labute approximate surface area is 81.4 Å². The van der Waals surface area contributed by atoms with Crippen LogP contribution in [0.4, 0.5) is 0 Å². The van der Waals surface area contributed by atoms with E-state index in [0.29, 0.717) is 12.4 Å². The van der Waals surface area contributed by atoms with Gasteiger partial charge in [-0.15, -0.1) is 0 Å². The zero-order chi connectivity index (χ0) is 9.84. The highest BCUT2D eigenvalue weighted by Gasteiger charge is 2.15. The molecule has 0 saturated heterocycles. The quantitative estimate of drug-likeness (QED) is 0.555. The summed E-state index contributed by atoms with van der Waals surface area (Å²) < 4.78 is 10.1. The molecule has 0 saturated carbocycles. The van der Waals surface area contributed by atoms with Gasteiger partial charge in [0.05, 0.1) is 6.61 Å². The lowest BCUT2D eigenvalue weighted by atomic mass is 10.3. The van der Waals surface area contributed by atoms with Gasteiger partial charge in [-0.05, 0) is 26.2 Å². The highest BCUT2D eigenvalue weighted by Crippen LogP contribution is 2.22. The summed E-state index contributed by atoms with van der Waals surface area (Å²) in [6.07, 6.45) is 1.90. The summed E-state index contributed by atoms with van der Waals surface area (Å²) in [4.78, 5) is 11.3. The van der Waals surface area contributed by atoms with Gasteiger partial charge in [-0.1, -0.05) is 11.8 Å². The molecule has 1 rings (SSSR count). The Hall–Kier alpha value is -0.900. The molecule has 1 aromatic rings. The summed E-state index contributed by atoms with van der Waals surface area (Å²) in [7, 11) is 0. The fourth-order valence-corrected chi connectivity index (χ4v) is 1.41. The smallest absolute Gasteiger partial charge is 0.374 e. The second-order valence-electron chi connectivity index (χ2n) is 2.50. The first-order valence-electron chi connectivity index (χ1n) is 4.00. The second-order valence-corrected chi connectivity index (χ2v) is 3.31. The third-order valence-electron chi connectivity index (χ3n) is 1.56. The molecule has 0 aliphatic carbocycles. The molecule has 3 nitrogen and oxygen atoms in total. The summed E-state index contributed by atoms with van der Waals surface area (Å²) >= 11 is 1.46. The standard InChI is InChI=1S/C9H12O3S/c1-4-11-9(10)8-6(2)5-7(12-8)13-3/h5H,4H2,1-3H3. The van der Waals surface area contributed by atoms with E-state index in [1.165, 1.54) is 11.8 Å². The average Bonchev–Trinajstić information content (AvgIpc) is 2.47. The van der Waals surface area contributed by atoms with Crippen LogP contribution in [0.3, 0.4) is 0 Å². The number of carbonyl (C=O) groups is 1. The zero-order valence-corrected chi connectivity index (χ0v) is 8.73. The second kappa shape index (κ2) is 4.37. The summed E-state index contributed by atoms with van der Waals surface area (Å²) in [5.41, 5.74) is 0.822. The van der Waals surface area contributed by atoms with Crippen LogP contribution in [0.25, 0.3) is 0 Å². The molecule has 72 valence electrons. The normalized spacial score (nSPS) is 10.1. The van der Waals surface area contributed by atoms with Crippen molar-refractivity contribution in [3.8, 4) is 0 Å². The molecule has 4 heteroatoms. The van der Waals surface area contributed by atoms with Gasteiger partial charge in [0, 0.05) is 5.56 Å². The van der Waals surface area contributed by atoms with Crippen LogP contribution in [0.1, 0.15) is 23.0 Å². The van der Waals surface area contributed by atoms with Crippen molar-refractivity contribution in [2.75, 3.05) is 12.9 Å². The van der Waals surface area contributed by atoms with Crippen molar-refractivity contribution in [3.63, 3.8) is 0 Å². The van der Waals surface area contributed by atoms with Crippen molar-refractivity contribution in [2.24, 2.45) is 0 Å². The number of aryl methyl sites for hydroxylation is 1. The van der Waals surface area contributed by atoms with Crippen molar-refractivity contribution in [1.29, 1.82) is 0 Å². The number of hydrogen-bond donors (Lipinski definition) is 0. The Morgan fingerprint density at radius 3 is 2.85 bits per heavy atom. The maximum absolute atomic E-state index is 11.3. The first kappa shape index (κ1) is 10.2. The highest BCUT2D eigenvalue weighted by atomic mass is 32.2. The number of esters is 1. The number of thioether (sulfide) groups is 1. The lowest BCUT2D eigenvalue weighted by Crippen LogP contribution is -2.04. The van der Waals surface area contributed by atoms with Crippen LogP contribution in [0.2, 0.25) is 0 Å². The number of ether oxygens (including phenoxy) is 1. The molecule has 0 radical (unpaired) electrons. The van der Waals surface area contributed by atoms with E-state index in [9.17, 15) is 4.79 Å². The third-order valence-corrected chi connectivity index (χ3v) is 2.16. The van der Waals surface area contributed by atoms with Crippen molar-refractivity contribution in [2.45, 2.75) is 18.9 Å². The molecule has 0 atom stereocenters. The van der Waals surface area contributed by atoms with Gasteiger partial charge in [0.1, 0.15) is 0 Å². The molecular formula is C9H12O3S. The maximum atomic E-state index is 11.3. The lowest BCUT2D eigenvalue weighted by molar-refractivity contribution is 0.0483. The molecule has 0 unspecified atom stereocenters. The maximum Gasteiger partial charge on any atom is 0.374 e. The Bertz CT molecular complexity index is 304. The minimum absolute atomic E-state index is 0.311. The Kier molecular flexibility index (Phi) is 3.42. The lowest BCUT2D eigenvalue weighted by Gasteiger charge is -1.97. The SMILES string of the molecule is CCOC(=O)c1oc(SC)cc1C. The van der Waals surface area contributed by atoms with Gasteiger partial charge in [-0.25, -0.2) is 4.79 Å². The van der Waals surface area contributed by atoms with E-state index >= 15 is 0 Å². The van der Waals surface area contributed by atoms with Gasteiger partial charge in [0.2, 0.25) is 5.76 Å². The molecule has 1 aromatic heterocycles. The van der Waals surface area contributed by atoms with Gasteiger partial charge >= 0.3 is 5.97 Å². The van der Waals surface area contributed by atoms with Crippen molar-refractivity contribution >= 4 is 17.7 Å². The van der Waals surface area contributed by atoms with Crippen LogP contribution in [0.5, 0.6) is 0 Å². The molecule has 0 aliphatic rings. The summed E-state index contributed by atoms with van der Waals surface area (Å²) in [5.74, 6) is -0.0773. The predicted molar refractivity (Wildman–Crippen MR) is 51.2 cm³/mol. The van der Waals surface area contributed by atoms with Gasteiger partial charge < -0.3 is 9.15 Å². The molecule has 13 heavy (non-hydrogen) atoms. The first-order valence-corrected chi connectivity index (χ1v) is 5.23. The number of hydrogen-bond acceptors (Lipinski definition) is 4. The van der Waals surface area contributed by atoms with Crippen LogP contribution in [-0.2, 0) is 4.74 Å². The first-order chi connectivity index (χ1) is 6.19. The molecule has 0 aliphatic heterocycles. The number of furan rings is 1. The Morgan fingerprint density at radius 2 is 2.38 bits per heavy atom. The highest BCUT2D eigenvalue weighted by molar-refractivity contribution is 7.98. The molecule has 0 amide bonds. The summed E-state index contributed by atoms with van der Waals surface area (Å²) in [6.45, 7) is 3.97. The van der Waals surface area contributed by atoms with Gasteiger partial charge in [0.15, 0.2) is 5.09 Å². The third kappa shape index (κ3) is 2.28. The molecule has 0 spiro atoms. The topological polar surface area (TPSA) is 39.4 Å². The van der Waals surface area contributed by atoms with Gasteiger partial charge in [-0.3, -0.25) is 0 Å². The summed E-state index contributed by atoms with van der Waals surface area (Å²) in [5, 5.41) is 0.737. The number of rotatable bonds is 3. The molecular weight excluding hydrogens is 188 g/mol. The van der Waals surface area contributed by atoms with Gasteiger partial charge in [-0.2, -0.15) is 0 Å². The van der Waals surface area contributed by atoms with E-state index in [4.69, 9.17) is 9.15 Å². The largest absolute Gasteiger partial charge is 0.460 e. The van der Waals surface area contributed by atoms with Crippen LogP contribution in [0.15, 0.2) is 15.6 Å². The Morgan fingerprint density at radius 1 is 1.69 bits per heavy atom. The van der Waals surface area contributed by atoms with E-state index in [0.717, 1.165) is 10.7 Å². The van der Waals surface area contributed by atoms with Crippen LogP contribution >= 0.6 is 11.8 Å². The Balaban J connectivity index is 2.87. The molecule has 0 aromatic carbocycles. The van der Waals surface area contributed by atoms with E-state index in [1.807, 2.05) is 19.2 Å². The molecule has 1 heterocycles. The van der Waals surface area contributed by atoms with Crippen molar-refractivity contribution < 1.29 is 13.9 Å². The van der Waals surface area contributed by atoms with E-state index in [-0.39, 0.29) is 5.97 Å². The predicted octanol–water partition coefficient (Wildman–Crippen LogP) is 2.49. The summed E-state index contributed by atoms with van der Waals surface area (Å²) in [6, 6.07) is 1.83. The van der Waals surface area contributed by atoms with Crippen LogP contribution in [0, 0.1) is 6.92 Å². The average molecular weight is 200 g/mol. The molecule has 0 N–H and O–H groups in total. The van der Waals surface area contributed by atoms with Crippen LogP contribution in [-0.4, -0.2) is 18.8 Å². The minimum Gasteiger partial charge on any atom is -0.460 e. The monoisotopic (exact) mass is 200 g/mol. The van der Waals surface area contributed by atoms with E-state index in [2.05, 4.69) is 0 Å². The van der Waals surface area contributed by atoms with E-state index < -0.39 is 0 Å². The van der Waals surface area contributed by atoms with Crippen LogP contribution < -0.4 is 0 Å². The molecule has 0 bridgehead atoms. The van der Waals surface area contributed by atoms with Crippen molar-refractivity contribution in [1.82, 2.24) is 0 Å².